The molecule has 0 aliphatic carbocycles. The molecule has 0 unspecified atom stereocenters. The molecule has 1 atom stereocenters. The summed E-state index contributed by atoms with van der Waals surface area (Å²) in [6, 6.07) is 11.1. The number of hydrogen-bond donors (Lipinski definition) is 2. The van der Waals surface area contributed by atoms with E-state index in [2.05, 4.69) is 10.3 Å². The molecule has 1 aromatic heterocycles. The summed E-state index contributed by atoms with van der Waals surface area (Å²) in [5, 5.41) is 4.26. The van der Waals surface area contributed by atoms with Crippen molar-refractivity contribution in [3.8, 4) is 0 Å². The van der Waals surface area contributed by atoms with E-state index >= 15 is 0 Å². The van der Waals surface area contributed by atoms with E-state index in [4.69, 9.17) is 17.3 Å². The minimum atomic E-state index is -3.16. The Labute approximate surface area is 194 Å². The Bertz CT molecular complexity index is 1250. The Kier molecular flexibility index (Phi) is 6.53. The minimum Gasteiger partial charge on any atom is -0.344 e. The van der Waals surface area contributed by atoms with Gasteiger partial charge in [0.15, 0.2) is 9.84 Å². The van der Waals surface area contributed by atoms with Crippen molar-refractivity contribution in [3.05, 3.63) is 63.9 Å². The first-order valence-electron chi connectivity index (χ1n) is 10.2. The molecule has 1 amide bonds. The van der Waals surface area contributed by atoms with Gasteiger partial charge in [-0.2, -0.15) is 0 Å². The molecule has 6 nitrogen and oxygen atoms in total. The van der Waals surface area contributed by atoms with Crippen molar-refractivity contribution >= 4 is 48.9 Å². The molecule has 2 aromatic carbocycles. The van der Waals surface area contributed by atoms with Crippen LogP contribution in [0.4, 0.5) is 4.39 Å². The number of nitrogens with one attached hydrogen (secondary N) is 1. The fourth-order valence-corrected chi connectivity index (χ4v) is 6.92. The van der Waals surface area contributed by atoms with E-state index in [1.54, 1.807) is 36.4 Å². The molecular weight excluding hydrogens is 473 g/mol. The maximum Gasteiger partial charge on any atom is 0.222 e. The lowest BCUT2D eigenvalue weighted by atomic mass is 9.92. The number of nitrogens with zero attached hydrogens (tertiary/aromatic N) is 1. The lowest BCUT2D eigenvalue weighted by Gasteiger charge is -2.36. The number of sulfone groups is 1. The molecule has 0 spiro atoms. The summed E-state index contributed by atoms with van der Waals surface area (Å²) in [6.07, 6.45) is 0.676. The Balaban J connectivity index is 1.55. The van der Waals surface area contributed by atoms with Gasteiger partial charge in [-0.1, -0.05) is 29.8 Å². The van der Waals surface area contributed by atoms with Crippen LogP contribution in [-0.4, -0.2) is 36.9 Å². The van der Waals surface area contributed by atoms with Crippen LogP contribution in [0.25, 0.3) is 10.2 Å². The fraction of sp³-hybridized carbons (Fsp3) is 0.364. The third kappa shape index (κ3) is 5.11. The second-order valence-corrected chi connectivity index (χ2v) is 11.9. The quantitative estimate of drug-likeness (QED) is 0.544. The minimum absolute atomic E-state index is 0.0143. The zero-order valence-corrected chi connectivity index (χ0v) is 19.6. The van der Waals surface area contributed by atoms with Crippen molar-refractivity contribution < 1.29 is 17.6 Å². The number of hydrogen-bond acceptors (Lipinski definition) is 6. The van der Waals surface area contributed by atoms with Crippen molar-refractivity contribution in [2.24, 2.45) is 5.73 Å². The van der Waals surface area contributed by atoms with Gasteiger partial charge in [0, 0.05) is 17.5 Å². The number of rotatable bonds is 6. The monoisotopic (exact) mass is 495 g/mol. The highest BCUT2D eigenvalue weighted by molar-refractivity contribution is 7.91. The molecule has 170 valence electrons. The lowest BCUT2D eigenvalue weighted by molar-refractivity contribution is -0.123. The van der Waals surface area contributed by atoms with Crippen LogP contribution in [0.5, 0.6) is 0 Å². The fourth-order valence-electron chi connectivity index (χ4n) is 3.96. The third-order valence-electron chi connectivity index (χ3n) is 5.71. The molecule has 1 aliphatic heterocycles. The average Bonchev–Trinajstić information content (AvgIpc) is 3.15. The van der Waals surface area contributed by atoms with Gasteiger partial charge in [-0.3, -0.25) is 4.79 Å². The molecule has 0 bridgehead atoms. The Hall–Kier alpha value is -2.07. The van der Waals surface area contributed by atoms with Gasteiger partial charge in [0.1, 0.15) is 10.8 Å². The Morgan fingerprint density at radius 2 is 1.97 bits per heavy atom. The van der Waals surface area contributed by atoms with E-state index in [9.17, 15) is 17.6 Å². The van der Waals surface area contributed by atoms with Crippen LogP contribution in [-0.2, 0) is 26.6 Å². The van der Waals surface area contributed by atoms with Crippen LogP contribution in [0.3, 0.4) is 0 Å². The van der Waals surface area contributed by atoms with E-state index in [0.29, 0.717) is 15.6 Å². The predicted molar refractivity (Wildman–Crippen MR) is 125 cm³/mol. The molecule has 0 saturated carbocycles. The summed E-state index contributed by atoms with van der Waals surface area (Å²) in [6.45, 7) is 0. The van der Waals surface area contributed by atoms with E-state index < -0.39 is 21.4 Å². The molecule has 3 aromatic rings. The number of nitrogens with two attached hydrogens (primary N) is 1. The molecule has 1 fully saturated rings. The van der Waals surface area contributed by atoms with E-state index in [0.717, 1.165) is 10.2 Å². The largest absolute Gasteiger partial charge is 0.344 e. The van der Waals surface area contributed by atoms with Gasteiger partial charge in [0.2, 0.25) is 5.91 Å². The van der Waals surface area contributed by atoms with Gasteiger partial charge in [-0.05, 0) is 49.1 Å². The van der Waals surface area contributed by atoms with Crippen molar-refractivity contribution in [1.29, 1.82) is 0 Å². The summed E-state index contributed by atoms with van der Waals surface area (Å²) in [7, 11) is -3.16. The predicted octanol–water partition coefficient (Wildman–Crippen LogP) is 3.57. The number of carbonyl (C=O) groups excluding carboxylic acids is 1. The summed E-state index contributed by atoms with van der Waals surface area (Å²) >= 11 is 7.49. The van der Waals surface area contributed by atoms with Crippen LogP contribution in [0.15, 0.2) is 42.5 Å². The van der Waals surface area contributed by atoms with Gasteiger partial charge < -0.3 is 11.1 Å². The zero-order chi connectivity index (χ0) is 22.9. The van der Waals surface area contributed by atoms with Crippen LogP contribution in [0.1, 0.15) is 29.8 Å². The highest BCUT2D eigenvalue weighted by Gasteiger charge is 2.42. The highest BCUT2D eigenvalue weighted by atomic mass is 35.5. The second kappa shape index (κ2) is 9.05. The summed E-state index contributed by atoms with van der Waals surface area (Å²) in [4.78, 5) is 17.6. The van der Waals surface area contributed by atoms with Crippen LogP contribution < -0.4 is 11.1 Å². The van der Waals surface area contributed by atoms with E-state index in [-0.39, 0.29) is 48.9 Å². The molecule has 4 rings (SSSR count). The first-order valence-corrected chi connectivity index (χ1v) is 13.2. The number of thiazole rings is 1. The normalized spacial score (nSPS) is 18.3. The lowest BCUT2D eigenvalue weighted by Crippen LogP contribution is -2.51. The number of benzene rings is 2. The van der Waals surface area contributed by atoms with Gasteiger partial charge >= 0.3 is 0 Å². The number of carbonyl (C=O) groups is 1. The van der Waals surface area contributed by atoms with Crippen LogP contribution in [0, 0.1) is 5.82 Å². The van der Waals surface area contributed by atoms with E-state index in [1.807, 2.05) is 0 Å². The summed E-state index contributed by atoms with van der Waals surface area (Å²) in [5.74, 6) is -0.743. The van der Waals surface area contributed by atoms with E-state index in [1.165, 1.54) is 17.4 Å². The maximum atomic E-state index is 13.9. The molecular formula is C22H23ClFN3O3S2. The molecule has 32 heavy (non-hydrogen) atoms. The topological polar surface area (TPSA) is 102 Å². The molecule has 2 heterocycles. The highest BCUT2D eigenvalue weighted by Crippen LogP contribution is 2.39. The zero-order valence-electron chi connectivity index (χ0n) is 17.2. The van der Waals surface area contributed by atoms with Crippen molar-refractivity contribution in [2.75, 3.05) is 11.5 Å². The Morgan fingerprint density at radius 3 is 2.69 bits per heavy atom. The van der Waals surface area contributed by atoms with Crippen LogP contribution >= 0.6 is 22.9 Å². The molecule has 10 heteroatoms. The van der Waals surface area contributed by atoms with Gasteiger partial charge in [-0.15, -0.1) is 11.3 Å². The van der Waals surface area contributed by atoms with Gasteiger partial charge in [0.25, 0.3) is 0 Å². The first-order chi connectivity index (χ1) is 15.2. The smallest absolute Gasteiger partial charge is 0.222 e. The van der Waals surface area contributed by atoms with Crippen molar-refractivity contribution in [2.45, 2.75) is 37.3 Å². The van der Waals surface area contributed by atoms with Crippen molar-refractivity contribution in [1.82, 2.24) is 10.3 Å². The van der Waals surface area contributed by atoms with Crippen LogP contribution in [0.2, 0.25) is 5.02 Å². The van der Waals surface area contributed by atoms with Gasteiger partial charge in [-0.25, -0.2) is 17.8 Å². The molecule has 3 N–H and O–H groups in total. The Morgan fingerprint density at radius 1 is 1.25 bits per heavy atom. The molecule has 1 aliphatic rings. The first kappa shape index (κ1) is 23.1. The molecule has 0 radical (unpaired) electrons. The standard InChI is InChI=1S/C22H23ClFN3O3S2/c23-15-5-6-18-19(12-15)31-21(26-18)22(7-9-32(29,30)10-8-22)27-20(28)13-16(25)11-14-3-1-2-4-17(14)24/h1-6,12,16H,7-11,13,25H2,(H,27,28)/t16-/m1/s1. The number of halogens is 2. The SMILES string of the molecule is N[C@@H](CC(=O)NC1(c2nc3ccc(Cl)cc3s2)CCS(=O)(=O)CC1)Cc1ccccc1F. The number of amides is 1. The second-order valence-electron chi connectivity index (χ2n) is 8.17. The average molecular weight is 496 g/mol. The maximum absolute atomic E-state index is 13.9. The van der Waals surface area contributed by atoms with Gasteiger partial charge in [0.05, 0.1) is 27.3 Å². The van der Waals surface area contributed by atoms with Crippen molar-refractivity contribution in [3.63, 3.8) is 0 Å². The summed E-state index contributed by atoms with van der Waals surface area (Å²) in [5.41, 5.74) is 6.44. The number of fused-ring (bicyclic) bond motifs is 1. The summed E-state index contributed by atoms with van der Waals surface area (Å²) < 4.78 is 38.9. The molecule has 1 saturated heterocycles. The number of aromatic nitrogens is 1. The third-order valence-corrected chi connectivity index (χ3v) is 8.82.